The number of hydrogen-bond acceptors (Lipinski definition) is 3. The molecular weight excluding hydrogens is 1030 g/mol. The first-order valence-corrected chi connectivity index (χ1v) is 15.1. The predicted octanol–water partition coefficient (Wildman–Crippen LogP) is 10.2. The van der Waals surface area contributed by atoms with Gasteiger partial charge in [-0.3, -0.25) is 0 Å². The molecule has 3 nitrogen and oxygen atoms in total. The average Bonchev–Trinajstić information content (AvgIpc) is 3.15. The molecule has 7 aromatic carbocycles. The van der Waals surface area contributed by atoms with Crippen molar-refractivity contribution in [3.63, 3.8) is 0 Å². The Hall–Kier alpha value is -4.09. The van der Waals surface area contributed by atoms with E-state index in [1.807, 2.05) is 91.0 Å². The molecule has 1 aromatic heterocycles. The topological polar surface area (TPSA) is 38.7 Å². The second-order valence-electron chi connectivity index (χ2n) is 10.9. The van der Waals surface area contributed by atoms with Crippen LogP contribution in [0.1, 0.15) is 0 Å². The fraction of sp³-hybridized carbons (Fsp3) is 0. The molecule has 0 spiro atoms. The summed E-state index contributed by atoms with van der Waals surface area (Å²) in [6.45, 7) is 0. The number of nitrogens with zero attached hydrogens (tertiary/aromatic N) is 3. The Kier molecular flexibility index (Phi) is 10.9. The smallest absolute Gasteiger partial charge is 0.229 e. The van der Waals surface area contributed by atoms with E-state index < -0.39 is 0 Å². The fourth-order valence-electron chi connectivity index (χ4n) is 5.60. The Morgan fingerprint density at radius 1 is 0.396 bits per heavy atom. The summed E-state index contributed by atoms with van der Waals surface area (Å²) >= 11 is 0. The number of benzene rings is 7. The molecule has 8 rings (SSSR count). The monoisotopic (exact) mass is 1060 g/mol. The largest absolute Gasteiger partial charge is 2.00 e. The zero-order chi connectivity index (χ0) is 30.7. The first-order valence-electron chi connectivity index (χ1n) is 15.1. The van der Waals surface area contributed by atoms with Crippen molar-refractivity contribution < 1.29 is 62.2 Å². The maximum absolute atomic E-state index is 5.04. The van der Waals surface area contributed by atoms with Gasteiger partial charge in [-0.1, -0.05) is 89.3 Å². The Labute approximate surface area is 328 Å². The molecule has 220 valence electrons. The summed E-state index contributed by atoms with van der Waals surface area (Å²) in [6, 6.07) is 64.7. The molecule has 0 saturated heterocycles. The molecule has 0 aliphatic heterocycles. The molecule has 0 atom stereocenters. The van der Waals surface area contributed by atoms with Gasteiger partial charge in [0, 0.05) is 5.56 Å². The molecule has 0 saturated carbocycles. The van der Waals surface area contributed by atoms with E-state index in [-0.39, 0.29) is 62.2 Å². The van der Waals surface area contributed by atoms with Crippen molar-refractivity contribution in [2.75, 3.05) is 0 Å². The summed E-state index contributed by atoms with van der Waals surface area (Å²) in [7, 11) is 0. The van der Waals surface area contributed by atoms with Crippen LogP contribution in [0.2, 0.25) is 0 Å². The number of hydrogen-bond donors (Lipinski definition) is 0. The van der Waals surface area contributed by atoms with Crippen molar-refractivity contribution in [3.8, 4) is 67.5 Å². The molecule has 1 heterocycles. The van der Waals surface area contributed by atoms with Crippen molar-refractivity contribution in [1.82, 2.24) is 15.0 Å². The summed E-state index contributed by atoms with van der Waals surface area (Å²) in [5, 5.41) is 2.19. The Balaban J connectivity index is 0.00000201. The number of fused-ring (bicyclic) bond motifs is 1. The van der Waals surface area contributed by atoms with Gasteiger partial charge in [-0.2, -0.15) is 71.8 Å². The van der Waals surface area contributed by atoms with Crippen molar-refractivity contribution >= 4 is 10.8 Å². The number of aromatic nitrogens is 3. The van der Waals surface area contributed by atoms with Crippen LogP contribution >= 0.6 is 0 Å². The van der Waals surface area contributed by atoms with Gasteiger partial charge in [-0.15, -0.1) is 47.9 Å². The Morgan fingerprint density at radius 3 is 1.79 bits per heavy atom. The van der Waals surface area contributed by atoms with Crippen LogP contribution in [0.25, 0.3) is 78.3 Å². The van der Waals surface area contributed by atoms with Crippen LogP contribution in [0.4, 0.5) is 0 Å². The fourth-order valence-corrected chi connectivity index (χ4v) is 5.60. The van der Waals surface area contributed by atoms with Gasteiger partial charge in [0.25, 0.3) is 0 Å². The first kappa shape index (κ1) is 33.8. The molecule has 8 aromatic rings. The SMILES string of the molecule is [U+2].[U+2].[c-]1ccccc1-c1[c-]cc(-c2nc(-c3ccc(-c4ccccc4)cc3)nc(-c3ccc[c-]c3-c3[c-]c4ccccc4cc3)n2)cc1. The van der Waals surface area contributed by atoms with Crippen LogP contribution in [-0.2, 0) is 0 Å². The van der Waals surface area contributed by atoms with E-state index in [9.17, 15) is 0 Å². The van der Waals surface area contributed by atoms with E-state index >= 15 is 0 Å². The molecule has 48 heavy (non-hydrogen) atoms. The molecule has 0 unspecified atom stereocenters. The van der Waals surface area contributed by atoms with Crippen LogP contribution in [0.3, 0.4) is 0 Å². The zero-order valence-electron chi connectivity index (χ0n) is 25.8. The maximum atomic E-state index is 5.04. The average molecular weight is 1060 g/mol. The second-order valence-corrected chi connectivity index (χ2v) is 10.9. The van der Waals surface area contributed by atoms with Crippen molar-refractivity contribution in [1.29, 1.82) is 0 Å². The second kappa shape index (κ2) is 15.4. The molecule has 0 fully saturated rings. The maximum Gasteiger partial charge on any atom is 2.00 e. The van der Waals surface area contributed by atoms with E-state index in [0.29, 0.717) is 17.5 Å². The first-order chi connectivity index (χ1) is 22.8. The third-order valence-corrected chi connectivity index (χ3v) is 7.98. The van der Waals surface area contributed by atoms with E-state index in [4.69, 9.17) is 15.0 Å². The summed E-state index contributed by atoms with van der Waals surface area (Å²) in [5.41, 5.74) is 8.68. The van der Waals surface area contributed by atoms with Gasteiger partial charge in [-0.05, 0) is 11.1 Å². The van der Waals surface area contributed by atoms with Crippen molar-refractivity contribution in [2.45, 2.75) is 0 Å². The van der Waals surface area contributed by atoms with Gasteiger partial charge in [-0.25, -0.2) is 26.1 Å². The predicted molar refractivity (Wildman–Crippen MR) is 185 cm³/mol. The molecule has 0 amide bonds. The summed E-state index contributed by atoms with van der Waals surface area (Å²) < 4.78 is 0. The summed E-state index contributed by atoms with van der Waals surface area (Å²) in [5.74, 6) is 1.74. The van der Waals surface area contributed by atoms with Crippen LogP contribution in [0.15, 0.2) is 152 Å². The molecule has 0 aliphatic carbocycles. The molecule has 0 N–H and O–H groups in total. The normalized spacial score (nSPS) is 10.6. The van der Waals surface area contributed by atoms with Crippen LogP contribution in [0.5, 0.6) is 0 Å². The Morgan fingerprint density at radius 2 is 1.02 bits per heavy atom. The van der Waals surface area contributed by atoms with Gasteiger partial charge in [0.05, 0.1) is 0 Å². The van der Waals surface area contributed by atoms with E-state index in [1.165, 1.54) is 0 Å². The molecule has 0 radical (unpaired) electrons. The van der Waals surface area contributed by atoms with Gasteiger partial charge >= 0.3 is 62.2 Å². The van der Waals surface area contributed by atoms with E-state index in [1.54, 1.807) is 0 Å². The van der Waals surface area contributed by atoms with Gasteiger partial charge in [0.1, 0.15) is 11.6 Å². The van der Waals surface area contributed by atoms with Gasteiger partial charge in [0.15, 0.2) is 5.82 Å². The van der Waals surface area contributed by atoms with Crippen molar-refractivity contribution in [2.24, 2.45) is 0 Å². The van der Waals surface area contributed by atoms with Crippen LogP contribution in [-0.4, -0.2) is 15.0 Å². The standard InChI is InChI=1S/C43H25N3.2U/c1-3-11-30(12-4-1)33-19-24-35(25-20-33)41-44-42(36-26-21-34(22-27-36)31-13-5-2-6-14-31)46-43(45-41)40-18-10-9-17-39(40)38-28-23-32-15-7-8-16-37(32)29-38;;/h1-13,15-16,18-21,23-28H;;/q-4;2*+2. The van der Waals surface area contributed by atoms with Crippen LogP contribution < -0.4 is 0 Å². The minimum atomic E-state index is 0. The molecular formula is C43H25N3U2. The minimum absolute atomic E-state index is 0. The summed E-state index contributed by atoms with van der Waals surface area (Å²) in [6.07, 6.45) is 0. The third kappa shape index (κ3) is 7.17. The van der Waals surface area contributed by atoms with Crippen LogP contribution in [0, 0.1) is 86.5 Å². The quantitative estimate of drug-likeness (QED) is 0.156. The van der Waals surface area contributed by atoms with Gasteiger partial charge < -0.3 is 0 Å². The number of rotatable bonds is 6. The molecule has 0 aliphatic rings. The van der Waals surface area contributed by atoms with Gasteiger partial charge in [0.2, 0.25) is 0 Å². The molecule has 5 heteroatoms. The minimum Gasteiger partial charge on any atom is -0.229 e. The van der Waals surface area contributed by atoms with Crippen molar-refractivity contribution in [3.05, 3.63) is 176 Å². The third-order valence-electron chi connectivity index (χ3n) is 7.98. The van der Waals surface area contributed by atoms with E-state index in [0.717, 1.165) is 60.8 Å². The molecule has 0 bridgehead atoms. The zero-order valence-corrected chi connectivity index (χ0v) is 34.1. The Bertz CT molecular complexity index is 2190. The van der Waals surface area contributed by atoms with E-state index in [2.05, 4.69) is 84.9 Å². The summed E-state index contributed by atoms with van der Waals surface area (Å²) in [4.78, 5) is 15.1.